The molecule has 0 aliphatic rings. The number of hydrogen-bond acceptors (Lipinski definition) is 3. The van der Waals surface area contributed by atoms with Crippen molar-refractivity contribution in [3.05, 3.63) is 47.5 Å². The van der Waals surface area contributed by atoms with Gasteiger partial charge in [0.25, 0.3) is 0 Å². The smallest absolute Gasteiger partial charge is 0.296 e. The first-order valence-electron chi connectivity index (χ1n) is 5.48. The van der Waals surface area contributed by atoms with Gasteiger partial charge in [0.2, 0.25) is 0 Å². The molecule has 3 aromatic heterocycles. The minimum Gasteiger partial charge on any atom is -0.296 e. The highest BCUT2D eigenvalue weighted by Gasteiger charge is 2.31. The molecule has 0 radical (unpaired) electrons. The van der Waals surface area contributed by atoms with Gasteiger partial charge in [-0.1, -0.05) is 11.6 Å². The van der Waals surface area contributed by atoms with Crippen molar-refractivity contribution in [2.75, 3.05) is 0 Å². The summed E-state index contributed by atoms with van der Waals surface area (Å²) >= 11 is 5.76. The van der Waals surface area contributed by atoms with Crippen molar-refractivity contribution >= 4 is 17.2 Å². The van der Waals surface area contributed by atoms with Gasteiger partial charge in [0.05, 0.1) is 11.8 Å². The van der Waals surface area contributed by atoms with Gasteiger partial charge in [-0.3, -0.25) is 4.40 Å². The number of halogens is 4. The molecule has 102 valence electrons. The second-order valence-electron chi connectivity index (χ2n) is 3.99. The summed E-state index contributed by atoms with van der Waals surface area (Å²) < 4.78 is 39.5. The lowest BCUT2D eigenvalue weighted by molar-refractivity contribution is -0.137. The molecule has 0 atom stereocenters. The van der Waals surface area contributed by atoms with Crippen molar-refractivity contribution < 1.29 is 13.2 Å². The molecule has 3 rings (SSSR count). The SMILES string of the molecule is FC(F)(F)c1ccc2ncc(-c3nccc(Cl)n3)n2c1. The van der Waals surface area contributed by atoms with Crippen molar-refractivity contribution in [1.82, 2.24) is 19.4 Å². The lowest BCUT2D eigenvalue weighted by atomic mass is 10.2. The molecule has 0 unspecified atom stereocenters. The Hall–Kier alpha value is -2.15. The molecular weight excluding hydrogens is 293 g/mol. The predicted molar refractivity (Wildman–Crippen MR) is 66.2 cm³/mol. The monoisotopic (exact) mass is 298 g/mol. The molecule has 0 amide bonds. The maximum Gasteiger partial charge on any atom is 0.417 e. The molecule has 0 aromatic carbocycles. The highest BCUT2D eigenvalue weighted by Crippen LogP contribution is 2.30. The van der Waals surface area contributed by atoms with Gasteiger partial charge in [0.15, 0.2) is 5.82 Å². The Morgan fingerprint density at radius 2 is 1.90 bits per heavy atom. The van der Waals surface area contributed by atoms with Crippen LogP contribution in [0.4, 0.5) is 13.2 Å². The average Bonchev–Trinajstić information content (AvgIpc) is 2.80. The molecule has 8 heteroatoms. The Bertz CT molecular complexity index is 782. The second kappa shape index (κ2) is 4.45. The molecule has 0 saturated carbocycles. The molecule has 4 nitrogen and oxygen atoms in total. The number of imidazole rings is 1. The second-order valence-corrected chi connectivity index (χ2v) is 4.38. The van der Waals surface area contributed by atoms with E-state index >= 15 is 0 Å². The molecule has 0 aliphatic carbocycles. The number of fused-ring (bicyclic) bond motifs is 1. The largest absolute Gasteiger partial charge is 0.417 e. The van der Waals surface area contributed by atoms with E-state index in [0.717, 1.165) is 12.3 Å². The number of nitrogens with zero attached hydrogens (tertiary/aromatic N) is 4. The molecule has 0 saturated heterocycles. The third-order valence-electron chi connectivity index (χ3n) is 2.68. The first kappa shape index (κ1) is 12.9. The quantitative estimate of drug-likeness (QED) is 0.646. The number of alkyl halides is 3. The van der Waals surface area contributed by atoms with E-state index in [2.05, 4.69) is 15.0 Å². The molecule has 0 spiro atoms. The van der Waals surface area contributed by atoms with E-state index in [1.165, 1.54) is 28.9 Å². The van der Waals surface area contributed by atoms with Gasteiger partial charge in [0.1, 0.15) is 16.5 Å². The van der Waals surface area contributed by atoms with Crippen molar-refractivity contribution in [2.45, 2.75) is 6.18 Å². The van der Waals surface area contributed by atoms with Crippen LogP contribution in [0.5, 0.6) is 0 Å². The molecule has 20 heavy (non-hydrogen) atoms. The van der Waals surface area contributed by atoms with Crippen molar-refractivity contribution in [2.24, 2.45) is 0 Å². The summed E-state index contributed by atoms with van der Waals surface area (Å²) in [6, 6.07) is 3.75. The van der Waals surface area contributed by atoms with Gasteiger partial charge in [0, 0.05) is 12.4 Å². The van der Waals surface area contributed by atoms with E-state index in [1.54, 1.807) is 0 Å². The molecule has 0 fully saturated rings. The summed E-state index contributed by atoms with van der Waals surface area (Å²) in [7, 11) is 0. The van der Waals surface area contributed by atoms with Crippen molar-refractivity contribution in [3.63, 3.8) is 0 Å². The van der Waals surface area contributed by atoms with Crippen LogP contribution in [0.2, 0.25) is 5.15 Å². The first-order chi connectivity index (χ1) is 9.45. The molecular formula is C12H6ClF3N4. The van der Waals surface area contributed by atoms with Crippen molar-refractivity contribution in [3.8, 4) is 11.5 Å². The maximum absolute atomic E-state index is 12.7. The summed E-state index contributed by atoms with van der Waals surface area (Å²) in [4.78, 5) is 12.0. The fourth-order valence-electron chi connectivity index (χ4n) is 1.77. The van der Waals surface area contributed by atoms with E-state index in [0.29, 0.717) is 11.3 Å². The molecule has 0 aliphatic heterocycles. The van der Waals surface area contributed by atoms with Gasteiger partial charge >= 0.3 is 6.18 Å². The number of pyridine rings is 1. The van der Waals surface area contributed by atoms with Gasteiger partial charge in [-0.25, -0.2) is 15.0 Å². The molecule has 3 heterocycles. The fourth-order valence-corrected chi connectivity index (χ4v) is 1.91. The van der Waals surface area contributed by atoms with E-state index in [9.17, 15) is 13.2 Å². The van der Waals surface area contributed by atoms with Gasteiger partial charge < -0.3 is 0 Å². The normalized spacial score (nSPS) is 12.0. The zero-order chi connectivity index (χ0) is 14.3. The summed E-state index contributed by atoms with van der Waals surface area (Å²) in [5.41, 5.74) is -0.0588. The third-order valence-corrected chi connectivity index (χ3v) is 2.89. The van der Waals surface area contributed by atoms with Gasteiger partial charge in [-0.2, -0.15) is 13.2 Å². The van der Waals surface area contributed by atoms with Gasteiger partial charge in [-0.05, 0) is 18.2 Å². The minimum absolute atomic E-state index is 0.205. The van der Waals surface area contributed by atoms with Crippen LogP contribution in [0.15, 0.2) is 36.8 Å². The van der Waals surface area contributed by atoms with Crippen LogP contribution in [0.3, 0.4) is 0 Å². The van der Waals surface area contributed by atoms with Crippen LogP contribution in [0, 0.1) is 0 Å². The van der Waals surface area contributed by atoms with Crippen LogP contribution >= 0.6 is 11.6 Å². The Balaban J connectivity index is 2.22. The summed E-state index contributed by atoms with van der Waals surface area (Å²) in [5.74, 6) is 0.212. The van der Waals surface area contributed by atoms with Crippen LogP contribution in [0.1, 0.15) is 5.56 Å². The van der Waals surface area contributed by atoms with E-state index < -0.39 is 11.7 Å². The highest BCUT2D eigenvalue weighted by atomic mass is 35.5. The average molecular weight is 299 g/mol. The van der Waals surface area contributed by atoms with E-state index in [4.69, 9.17) is 11.6 Å². The Morgan fingerprint density at radius 3 is 2.60 bits per heavy atom. The summed E-state index contributed by atoms with van der Waals surface area (Å²) in [6.07, 6.45) is -0.633. The number of aromatic nitrogens is 4. The topological polar surface area (TPSA) is 43.1 Å². The van der Waals surface area contributed by atoms with Gasteiger partial charge in [-0.15, -0.1) is 0 Å². The van der Waals surface area contributed by atoms with Crippen LogP contribution in [0.25, 0.3) is 17.2 Å². The number of rotatable bonds is 1. The van der Waals surface area contributed by atoms with E-state index in [-0.39, 0.29) is 11.0 Å². The lowest BCUT2D eigenvalue weighted by Gasteiger charge is -2.07. The van der Waals surface area contributed by atoms with Crippen molar-refractivity contribution in [1.29, 1.82) is 0 Å². The minimum atomic E-state index is -4.43. The summed E-state index contributed by atoms with van der Waals surface area (Å²) in [6.45, 7) is 0. The summed E-state index contributed by atoms with van der Waals surface area (Å²) in [5, 5.41) is 0.205. The predicted octanol–water partition coefficient (Wildman–Crippen LogP) is 3.46. The molecule has 3 aromatic rings. The highest BCUT2D eigenvalue weighted by molar-refractivity contribution is 6.29. The fraction of sp³-hybridized carbons (Fsp3) is 0.0833. The standard InChI is InChI=1S/C12H6ClF3N4/c13-9-3-4-17-11(19-9)8-5-18-10-2-1-7(6-20(8)10)12(14,15)16/h1-6H. The van der Waals surface area contributed by atoms with Crippen LogP contribution in [-0.4, -0.2) is 19.4 Å². The number of hydrogen-bond donors (Lipinski definition) is 0. The lowest BCUT2D eigenvalue weighted by Crippen LogP contribution is -2.06. The zero-order valence-corrected chi connectivity index (χ0v) is 10.5. The molecule has 0 bridgehead atoms. The van der Waals surface area contributed by atoms with Crippen LogP contribution in [-0.2, 0) is 6.18 Å². The third kappa shape index (κ3) is 2.20. The Kier molecular flexibility index (Phi) is 2.86. The van der Waals surface area contributed by atoms with E-state index in [1.807, 2.05) is 0 Å². The Labute approximate surface area is 115 Å². The molecule has 0 N–H and O–H groups in total. The first-order valence-corrected chi connectivity index (χ1v) is 5.86. The zero-order valence-electron chi connectivity index (χ0n) is 9.76. The maximum atomic E-state index is 12.7. The van der Waals surface area contributed by atoms with Crippen LogP contribution < -0.4 is 0 Å². The Morgan fingerprint density at radius 1 is 1.10 bits per heavy atom.